The molecule has 1 amide bonds. The van der Waals surface area contributed by atoms with Gasteiger partial charge < -0.3 is 0 Å². The van der Waals surface area contributed by atoms with Gasteiger partial charge in [-0.3, -0.25) is 15.3 Å². The van der Waals surface area contributed by atoms with Crippen molar-refractivity contribution in [2.24, 2.45) is 0 Å². The lowest BCUT2D eigenvalue weighted by atomic mass is 10.2. The number of hydrogen-bond donors (Lipinski definition) is 1. The van der Waals surface area contributed by atoms with Gasteiger partial charge in [-0.05, 0) is 30.3 Å². The van der Waals surface area contributed by atoms with Gasteiger partial charge in [0.05, 0.1) is 16.1 Å². The first-order valence-corrected chi connectivity index (χ1v) is 7.39. The minimum atomic E-state index is -3.81. The molecule has 0 aromatic heterocycles. The van der Waals surface area contributed by atoms with Gasteiger partial charge in [-0.25, -0.2) is 8.42 Å². The molecule has 0 heterocycles. The number of carbonyl (C=O) groups is 1. The van der Waals surface area contributed by atoms with Crippen LogP contribution in [0.5, 0.6) is 0 Å². The fourth-order valence-electron chi connectivity index (χ4n) is 1.60. The molecule has 2 aromatic carbocycles. The van der Waals surface area contributed by atoms with E-state index < -0.39 is 15.9 Å². The summed E-state index contributed by atoms with van der Waals surface area (Å²) in [4.78, 5) is 11.3. The molecule has 0 saturated heterocycles. The number of benzene rings is 2. The fourth-order valence-corrected chi connectivity index (χ4v) is 2.87. The Hall–Kier alpha value is -2.05. The maximum atomic E-state index is 12.1. The predicted octanol–water partition coefficient (Wildman–Crippen LogP) is 2.56. The number of rotatable bonds is 4. The Morgan fingerprint density at radius 2 is 1.75 bits per heavy atom. The summed E-state index contributed by atoms with van der Waals surface area (Å²) in [5, 5.41) is 0.253. The molecule has 0 aliphatic carbocycles. The standard InChI is InChI=1S/C13H10ClN2O3S/c14-9-6-7-12(11(8-9)13(15)17)16-20(18,19)10-4-2-1-3-5-10/h1-8,15-16H. The highest BCUT2D eigenvalue weighted by Gasteiger charge is 2.17. The molecule has 7 heteroatoms. The summed E-state index contributed by atoms with van der Waals surface area (Å²) in [7, 11) is -3.81. The van der Waals surface area contributed by atoms with Gasteiger partial charge in [0.1, 0.15) is 0 Å². The SMILES string of the molecule is [NH]C(=O)c1cc(Cl)ccc1NS(=O)(=O)c1ccccc1. The lowest BCUT2D eigenvalue weighted by Gasteiger charge is -2.11. The van der Waals surface area contributed by atoms with Gasteiger partial charge in [-0.2, -0.15) is 0 Å². The minimum Gasteiger partial charge on any atom is -0.279 e. The quantitative estimate of drug-likeness (QED) is 0.941. The number of sulfonamides is 1. The highest BCUT2D eigenvalue weighted by atomic mass is 35.5. The second kappa shape index (κ2) is 5.52. The Bertz CT molecular complexity index is 745. The summed E-state index contributed by atoms with van der Waals surface area (Å²) in [6, 6.07) is 11.8. The monoisotopic (exact) mass is 309 g/mol. The van der Waals surface area contributed by atoms with Crippen molar-refractivity contribution in [1.82, 2.24) is 5.73 Å². The third kappa shape index (κ3) is 3.09. The highest BCUT2D eigenvalue weighted by molar-refractivity contribution is 7.92. The fraction of sp³-hybridized carbons (Fsp3) is 0. The largest absolute Gasteiger partial charge is 0.279 e. The van der Waals surface area contributed by atoms with Gasteiger partial charge in [0.15, 0.2) is 0 Å². The highest BCUT2D eigenvalue weighted by Crippen LogP contribution is 2.23. The Kier molecular flexibility index (Phi) is 3.96. The normalized spacial score (nSPS) is 11.1. The average molecular weight is 310 g/mol. The average Bonchev–Trinajstić information content (AvgIpc) is 2.41. The van der Waals surface area contributed by atoms with Crippen molar-refractivity contribution in [1.29, 1.82) is 0 Å². The van der Waals surface area contributed by atoms with Gasteiger partial charge in [0, 0.05) is 5.02 Å². The molecule has 5 nitrogen and oxygen atoms in total. The molecule has 0 saturated carbocycles. The summed E-state index contributed by atoms with van der Waals surface area (Å²) >= 11 is 5.74. The topological polar surface area (TPSA) is 87.0 Å². The van der Waals surface area contributed by atoms with Gasteiger partial charge >= 0.3 is 0 Å². The van der Waals surface area contributed by atoms with E-state index in [4.69, 9.17) is 17.3 Å². The molecular formula is C13H10ClN2O3S. The van der Waals surface area contributed by atoms with Crippen LogP contribution < -0.4 is 10.5 Å². The Balaban J connectivity index is 2.43. The van der Waals surface area contributed by atoms with E-state index in [-0.39, 0.29) is 21.2 Å². The van der Waals surface area contributed by atoms with Crippen LogP contribution in [0.3, 0.4) is 0 Å². The first-order valence-electron chi connectivity index (χ1n) is 5.53. The maximum absolute atomic E-state index is 12.1. The van der Waals surface area contributed by atoms with E-state index >= 15 is 0 Å². The number of halogens is 1. The van der Waals surface area contributed by atoms with E-state index in [0.29, 0.717) is 0 Å². The number of nitrogens with one attached hydrogen (secondary N) is 2. The third-order valence-electron chi connectivity index (χ3n) is 2.52. The van der Waals surface area contributed by atoms with Crippen LogP contribution in [0.25, 0.3) is 0 Å². The summed E-state index contributed by atoms with van der Waals surface area (Å²) in [5.74, 6) is -1.02. The van der Waals surface area contributed by atoms with Gasteiger partial charge in [-0.15, -0.1) is 0 Å². The van der Waals surface area contributed by atoms with Gasteiger partial charge in [0.2, 0.25) is 0 Å². The van der Waals surface area contributed by atoms with Crippen molar-refractivity contribution in [3.05, 3.63) is 59.1 Å². The second-order valence-corrected chi connectivity index (χ2v) is 6.06. The van der Waals surface area contributed by atoms with E-state index in [9.17, 15) is 13.2 Å². The molecule has 0 aliphatic rings. The van der Waals surface area contributed by atoms with Crippen molar-refractivity contribution in [2.45, 2.75) is 4.90 Å². The molecule has 20 heavy (non-hydrogen) atoms. The van der Waals surface area contributed by atoms with Crippen molar-refractivity contribution in [3.8, 4) is 0 Å². The first kappa shape index (κ1) is 14.4. The molecule has 2 rings (SSSR count). The number of hydrogen-bond acceptors (Lipinski definition) is 3. The first-order chi connectivity index (χ1) is 9.40. The zero-order chi connectivity index (χ0) is 14.8. The molecule has 0 spiro atoms. The Morgan fingerprint density at radius 3 is 2.35 bits per heavy atom. The summed E-state index contributed by atoms with van der Waals surface area (Å²) < 4.78 is 26.6. The van der Waals surface area contributed by atoms with Crippen LogP contribution in [-0.2, 0) is 10.0 Å². The van der Waals surface area contributed by atoms with Crippen LogP contribution in [-0.4, -0.2) is 14.3 Å². The molecule has 0 atom stereocenters. The number of carbonyl (C=O) groups excluding carboxylic acids is 1. The van der Waals surface area contributed by atoms with E-state index in [1.807, 2.05) is 0 Å². The van der Waals surface area contributed by atoms with Crippen LogP contribution in [0.1, 0.15) is 10.4 Å². The van der Waals surface area contributed by atoms with Crippen molar-refractivity contribution in [3.63, 3.8) is 0 Å². The van der Waals surface area contributed by atoms with Crippen molar-refractivity contribution >= 4 is 33.2 Å². The Morgan fingerprint density at radius 1 is 1.10 bits per heavy atom. The van der Waals surface area contributed by atoms with Crippen LogP contribution >= 0.6 is 11.6 Å². The zero-order valence-corrected chi connectivity index (χ0v) is 11.7. The third-order valence-corrected chi connectivity index (χ3v) is 4.14. The van der Waals surface area contributed by atoms with E-state index in [1.54, 1.807) is 18.2 Å². The number of anilines is 1. The van der Waals surface area contributed by atoms with E-state index in [2.05, 4.69) is 4.72 Å². The molecule has 0 fully saturated rings. The second-order valence-electron chi connectivity index (χ2n) is 3.94. The van der Waals surface area contributed by atoms with Gasteiger partial charge in [0.25, 0.3) is 15.9 Å². The molecular weight excluding hydrogens is 300 g/mol. The minimum absolute atomic E-state index is 0.0262. The zero-order valence-electron chi connectivity index (χ0n) is 10.1. The van der Waals surface area contributed by atoms with E-state index in [0.717, 1.165) is 0 Å². The van der Waals surface area contributed by atoms with Crippen LogP contribution in [0.15, 0.2) is 53.4 Å². The lowest BCUT2D eigenvalue weighted by Crippen LogP contribution is -2.15. The van der Waals surface area contributed by atoms with Crippen LogP contribution in [0.2, 0.25) is 5.02 Å². The molecule has 0 bridgehead atoms. The molecule has 2 N–H and O–H groups in total. The number of amides is 1. The van der Waals surface area contributed by atoms with Crippen LogP contribution in [0, 0.1) is 0 Å². The van der Waals surface area contributed by atoms with Crippen molar-refractivity contribution in [2.75, 3.05) is 4.72 Å². The smallest absolute Gasteiger partial charge is 0.271 e. The molecule has 2 aromatic rings. The van der Waals surface area contributed by atoms with E-state index in [1.165, 1.54) is 30.3 Å². The van der Waals surface area contributed by atoms with Crippen molar-refractivity contribution < 1.29 is 13.2 Å². The summed E-state index contributed by atoms with van der Waals surface area (Å²) in [6.07, 6.45) is 0. The molecule has 103 valence electrons. The summed E-state index contributed by atoms with van der Waals surface area (Å²) in [6.45, 7) is 0. The lowest BCUT2D eigenvalue weighted by molar-refractivity contribution is 0.0993. The predicted molar refractivity (Wildman–Crippen MR) is 76.1 cm³/mol. The summed E-state index contributed by atoms with van der Waals surface area (Å²) in [5.41, 5.74) is 7.06. The van der Waals surface area contributed by atoms with Crippen LogP contribution in [0.4, 0.5) is 5.69 Å². The maximum Gasteiger partial charge on any atom is 0.271 e. The Labute approximate surface area is 121 Å². The molecule has 0 unspecified atom stereocenters. The molecule has 1 radical (unpaired) electrons. The van der Waals surface area contributed by atoms with Gasteiger partial charge in [-0.1, -0.05) is 29.8 Å². The molecule has 0 aliphatic heterocycles.